The highest BCUT2D eigenvalue weighted by molar-refractivity contribution is 5.97. The summed E-state index contributed by atoms with van der Waals surface area (Å²) in [5.74, 6) is -0.545. The third-order valence-electron chi connectivity index (χ3n) is 1.66. The molecule has 1 rings (SSSR count). The molecular weight excluding hydrogens is 178 g/mol. The lowest BCUT2D eigenvalue weighted by molar-refractivity contribution is -0.114. The third kappa shape index (κ3) is 2.77. The van der Waals surface area contributed by atoms with Gasteiger partial charge >= 0.3 is 0 Å². The maximum atomic E-state index is 11.1. The molecule has 0 bridgehead atoms. The van der Waals surface area contributed by atoms with Gasteiger partial charge in [0.05, 0.1) is 0 Å². The predicted molar refractivity (Wildman–Crippen MR) is 54.2 cm³/mol. The van der Waals surface area contributed by atoms with Gasteiger partial charge in [-0.2, -0.15) is 0 Å². The van der Waals surface area contributed by atoms with Crippen LogP contribution in [0, 0.1) is 0 Å². The van der Waals surface area contributed by atoms with E-state index in [0.717, 1.165) is 5.56 Å². The summed E-state index contributed by atoms with van der Waals surface area (Å²) in [5, 5.41) is 2.99. The first-order valence-corrected chi connectivity index (χ1v) is 4.07. The first-order chi connectivity index (χ1) is 6.74. The van der Waals surface area contributed by atoms with E-state index in [1.54, 1.807) is 13.0 Å². The number of azide groups is 1. The molecule has 0 N–H and O–H groups in total. The highest BCUT2D eigenvalue weighted by Gasteiger charge is 1.99. The minimum Gasteiger partial charge on any atom is -0.287 e. The molecule has 0 aromatic heterocycles. The molecule has 0 saturated carbocycles. The van der Waals surface area contributed by atoms with Gasteiger partial charge in [0, 0.05) is 4.91 Å². The second-order valence-electron chi connectivity index (χ2n) is 2.73. The summed E-state index contributed by atoms with van der Waals surface area (Å²) in [6.07, 6.45) is 1.68. The fourth-order valence-electron chi connectivity index (χ4n) is 0.980. The predicted octanol–water partition coefficient (Wildman–Crippen LogP) is 2.93. The van der Waals surface area contributed by atoms with E-state index in [4.69, 9.17) is 5.53 Å². The van der Waals surface area contributed by atoms with Gasteiger partial charge in [-0.25, -0.2) is 0 Å². The smallest absolute Gasteiger partial charge is 0.244 e. The first kappa shape index (κ1) is 10.0. The normalized spacial score (nSPS) is 10.5. The SMILES string of the molecule is C/C(=C\c1ccccc1)C(=O)N=[N+]=[N-]. The van der Waals surface area contributed by atoms with Gasteiger partial charge in [0.2, 0.25) is 5.91 Å². The molecule has 0 spiro atoms. The van der Waals surface area contributed by atoms with E-state index in [1.165, 1.54) is 0 Å². The van der Waals surface area contributed by atoms with E-state index in [0.29, 0.717) is 5.57 Å². The van der Waals surface area contributed by atoms with Gasteiger partial charge in [0.25, 0.3) is 0 Å². The summed E-state index contributed by atoms with van der Waals surface area (Å²) in [5.41, 5.74) is 9.40. The highest BCUT2D eigenvalue weighted by atomic mass is 16.1. The zero-order valence-corrected chi connectivity index (χ0v) is 7.71. The van der Waals surface area contributed by atoms with Crippen LogP contribution in [0.3, 0.4) is 0 Å². The van der Waals surface area contributed by atoms with Crippen molar-refractivity contribution in [3.05, 3.63) is 51.9 Å². The van der Waals surface area contributed by atoms with Crippen LogP contribution in [-0.2, 0) is 4.79 Å². The highest BCUT2D eigenvalue weighted by Crippen LogP contribution is 2.07. The van der Waals surface area contributed by atoms with Gasteiger partial charge in [-0.3, -0.25) is 4.79 Å². The molecule has 0 heterocycles. The molecular formula is C10H9N3O. The lowest BCUT2D eigenvalue weighted by Crippen LogP contribution is -1.92. The first-order valence-electron chi connectivity index (χ1n) is 4.07. The van der Waals surface area contributed by atoms with E-state index in [9.17, 15) is 4.79 Å². The molecule has 4 nitrogen and oxygen atoms in total. The van der Waals surface area contributed by atoms with Crippen molar-refractivity contribution in [1.29, 1.82) is 0 Å². The van der Waals surface area contributed by atoms with Gasteiger partial charge in [0.1, 0.15) is 0 Å². The Morgan fingerprint density at radius 1 is 1.43 bits per heavy atom. The van der Waals surface area contributed by atoms with Crippen LogP contribution in [-0.4, -0.2) is 5.91 Å². The van der Waals surface area contributed by atoms with Crippen molar-refractivity contribution in [2.45, 2.75) is 6.92 Å². The molecule has 4 heteroatoms. The molecule has 0 unspecified atom stereocenters. The van der Waals surface area contributed by atoms with Crippen LogP contribution in [0.15, 0.2) is 41.0 Å². The number of carbonyl (C=O) groups excluding carboxylic acids is 1. The number of carbonyl (C=O) groups is 1. The van der Waals surface area contributed by atoms with Crippen molar-refractivity contribution in [3.8, 4) is 0 Å². The Bertz CT molecular complexity index is 403. The molecule has 70 valence electrons. The van der Waals surface area contributed by atoms with Crippen molar-refractivity contribution < 1.29 is 4.79 Å². The topological polar surface area (TPSA) is 65.8 Å². The second kappa shape index (κ2) is 4.84. The molecule has 0 aliphatic heterocycles. The van der Waals surface area contributed by atoms with Crippen molar-refractivity contribution in [2.75, 3.05) is 0 Å². The molecule has 0 saturated heterocycles. The van der Waals surface area contributed by atoms with E-state index in [-0.39, 0.29) is 0 Å². The number of nitrogens with zero attached hydrogens (tertiary/aromatic N) is 3. The molecule has 0 fully saturated rings. The monoisotopic (exact) mass is 187 g/mol. The number of benzene rings is 1. The Balaban J connectivity index is 2.89. The van der Waals surface area contributed by atoms with Gasteiger partial charge < -0.3 is 0 Å². The van der Waals surface area contributed by atoms with Crippen molar-refractivity contribution in [1.82, 2.24) is 0 Å². The Labute approximate surface area is 81.5 Å². The Hall–Kier alpha value is -2.06. The lowest BCUT2D eigenvalue weighted by atomic mass is 10.1. The van der Waals surface area contributed by atoms with E-state index in [2.05, 4.69) is 10.0 Å². The van der Waals surface area contributed by atoms with Crippen molar-refractivity contribution >= 4 is 12.0 Å². The van der Waals surface area contributed by atoms with Crippen LogP contribution in [0.4, 0.5) is 0 Å². The van der Waals surface area contributed by atoms with Gasteiger partial charge in [-0.1, -0.05) is 30.3 Å². The van der Waals surface area contributed by atoms with Crippen molar-refractivity contribution in [3.63, 3.8) is 0 Å². The van der Waals surface area contributed by atoms with Gasteiger partial charge in [-0.05, 0) is 34.8 Å². The standard InChI is InChI=1S/C10H9N3O/c1-8(10(14)12-13-11)7-9-5-3-2-4-6-9/h2-7H,1H3/b8-7+. The minimum absolute atomic E-state index is 0.425. The maximum Gasteiger partial charge on any atom is 0.244 e. The third-order valence-corrected chi connectivity index (χ3v) is 1.66. The summed E-state index contributed by atoms with van der Waals surface area (Å²) in [4.78, 5) is 13.5. The van der Waals surface area contributed by atoms with Gasteiger partial charge in [0.15, 0.2) is 0 Å². The Morgan fingerprint density at radius 2 is 2.07 bits per heavy atom. The number of rotatable bonds is 2. The molecule has 14 heavy (non-hydrogen) atoms. The summed E-state index contributed by atoms with van der Waals surface area (Å²) < 4.78 is 0. The average molecular weight is 187 g/mol. The molecule has 0 radical (unpaired) electrons. The Morgan fingerprint density at radius 3 is 2.64 bits per heavy atom. The van der Waals surface area contributed by atoms with E-state index >= 15 is 0 Å². The van der Waals surface area contributed by atoms with E-state index in [1.807, 2.05) is 30.3 Å². The van der Waals surface area contributed by atoms with Crippen LogP contribution in [0.25, 0.3) is 16.5 Å². The van der Waals surface area contributed by atoms with Crippen LogP contribution in [0.1, 0.15) is 12.5 Å². The number of amides is 1. The fourth-order valence-corrected chi connectivity index (χ4v) is 0.980. The molecule has 1 aromatic rings. The van der Waals surface area contributed by atoms with Crippen LogP contribution in [0.5, 0.6) is 0 Å². The minimum atomic E-state index is -0.545. The van der Waals surface area contributed by atoms with Crippen LogP contribution in [0.2, 0.25) is 0 Å². The largest absolute Gasteiger partial charge is 0.287 e. The van der Waals surface area contributed by atoms with Crippen LogP contribution >= 0.6 is 0 Å². The number of hydrogen-bond donors (Lipinski definition) is 0. The maximum absolute atomic E-state index is 11.1. The van der Waals surface area contributed by atoms with E-state index < -0.39 is 5.91 Å². The van der Waals surface area contributed by atoms with Crippen LogP contribution < -0.4 is 0 Å². The summed E-state index contributed by atoms with van der Waals surface area (Å²) in [6.45, 7) is 1.62. The molecule has 0 atom stereocenters. The zero-order chi connectivity index (χ0) is 10.4. The molecule has 1 aromatic carbocycles. The molecule has 1 amide bonds. The number of hydrogen-bond acceptors (Lipinski definition) is 1. The Kier molecular flexibility index (Phi) is 3.47. The zero-order valence-electron chi connectivity index (χ0n) is 7.71. The van der Waals surface area contributed by atoms with Crippen molar-refractivity contribution in [2.24, 2.45) is 5.11 Å². The molecule has 0 aliphatic carbocycles. The molecule has 0 aliphatic rings. The summed E-state index contributed by atoms with van der Waals surface area (Å²) in [6, 6.07) is 9.37. The summed E-state index contributed by atoms with van der Waals surface area (Å²) in [7, 11) is 0. The lowest BCUT2D eigenvalue weighted by Gasteiger charge is -1.94. The summed E-state index contributed by atoms with van der Waals surface area (Å²) >= 11 is 0. The average Bonchev–Trinajstić information content (AvgIpc) is 2.19. The quantitative estimate of drug-likeness (QED) is 0.304. The fraction of sp³-hybridized carbons (Fsp3) is 0.100. The second-order valence-corrected chi connectivity index (χ2v) is 2.73. The van der Waals surface area contributed by atoms with Gasteiger partial charge in [-0.15, -0.1) is 0 Å².